The zero-order valence-corrected chi connectivity index (χ0v) is 14.3. The van der Waals surface area contributed by atoms with Crippen molar-refractivity contribution in [3.8, 4) is 17.6 Å². The predicted octanol–water partition coefficient (Wildman–Crippen LogP) is 2.97. The minimum atomic E-state index is -0.395. The molecule has 0 saturated carbocycles. The first-order valence-electron chi connectivity index (χ1n) is 7.84. The topological polar surface area (TPSA) is 71.3 Å². The average molecular weight is 336 g/mol. The normalized spacial score (nSPS) is 10.7. The van der Waals surface area contributed by atoms with Gasteiger partial charge < -0.3 is 14.8 Å². The van der Waals surface area contributed by atoms with E-state index >= 15 is 0 Å². The second kappa shape index (κ2) is 9.14. The Kier molecular flexibility index (Phi) is 6.61. The van der Waals surface area contributed by atoms with Crippen LogP contribution in [-0.4, -0.2) is 26.7 Å². The molecule has 0 bridgehead atoms. The van der Waals surface area contributed by atoms with Gasteiger partial charge in [-0.3, -0.25) is 4.79 Å². The molecule has 0 aliphatic heterocycles. The average Bonchev–Trinajstić information content (AvgIpc) is 2.66. The third-order valence-corrected chi connectivity index (χ3v) is 3.63. The van der Waals surface area contributed by atoms with Gasteiger partial charge in [-0.15, -0.1) is 0 Å². The van der Waals surface area contributed by atoms with Gasteiger partial charge >= 0.3 is 0 Å². The lowest BCUT2D eigenvalue weighted by atomic mass is 10.1. The van der Waals surface area contributed by atoms with E-state index in [0.717, 1.165) is 5.56 Å². The molecule has 128 valence electrons. The molecule has 0 aromatic heterocycles. The van der Waals surface area contributed by atoms with Crippen molar-refractivity contribution in [3.05, 3.63) is 65.2 Å². The fourth-order valence-corrected chi connectivity index (χ4v) is 2.32. The first kappa shape index (κ1) is 18.1. The molecule has 1 N–H and O–H groups in total. The molecule has 0 spiro atoms. The summed E-state index contributed by atoms with van der Waals surface area (Å²) in [5.74, 6) is 0.733. The van der Waals surface area contributed by atoms with Gasteiger partial charge in [0, 0.05) is 6.54 Å². The van der Waals surface area contributed by atoms with Crippen LogP contribution in [0.15, 0.2) is 54.1 Å². The minimum Gasteiger partial charge on any atom is -0.493 e. The number of ether oxygens (including phenoxy) is 2. The summed E-state index contributed by atoms with van der Waals surface area (Å²) in [7, 11) is 3.08. The van der Waals surface area contributed by atoms with Crippen molar-refractivity contribution in [1.29, 1.82) is 5.26 Å². The maximum absolute atomic E-state index is 12.2. The molecule has 1 amide bonds. The molecule has 0 aliphatic carbocycles. The van der Waals surface area contributed by atoms with E-state index in [4.69, 9.17) is 9.47 Å². The second-order valence-electron chi connectivity index (χ2n) is 5.28. The summed E-state index contributed by atoms with van der Waals surface area (Å²) in [4.78, 5) is 12.2. The van der Waals surface area contributed by atoms with Crippen molar-refractivity contribution >= 4 is 12.0 Å². The summed E-state index contributed by atoms with van der Waals surface area (Å²) < 4.78 is 10.4. The van der Waals surface area contributed by atoms with Gasteiger partial charge in [-0.05, 0) is 35.8 Å². The van der Waals surface area contributed by atoms with E-state index in [9.17, 15) is 10.1 Å². The van der Waals surface area contributed by atoms with Crippen LogP contribution < -0.4 is 14.8 Å². The third kappa shape index (κ3) is 5.11. The highest BCUT2D eigenvalue weighted by Crippen LogP contribution is 2.28. The van der Waals surface area contributed by atoms with Gasteiger partial charge in [0.05, 0.1) is 14.2 Å². The number of amides is 1. The zero-order chi connectivity index (χ0) is 18.1. The maximum Gasteiger partial charge on any atom is 0.261 e. The van der Waals surface area contributed by atoms with Crippen molar-refractivity contribution in [1.82, 2.24) is 5.32 Å². The van der Waals surface area contributed by atoms with E-state index < -0.39 is 5.91 Å². The number of rotatable bonds is 7. The van der Waals surface area contributed by atoms with Crippen molar-refractivity contribution in [2.75, 3.05) is 20.8 Å². The van der Waals surface area contributed by atoms with Crippen molar-refractivity contribution in [2.45, 2.75) is 6.42 Å². The van der Waals surface area contributed by atoms with E-state index in [2.05, 4.69) is 5.32 Å². The van der Waals surface area contributed by atoms with E-state index in [1.54, 1.807) is 25.3 Å². The molecule has 5 heteroatoms. The Balaban J connectivity index is 2.04. The molecule has 0 heterocycles. The fourth-order valence-electron chi connectivity index (χ4n) is 2.32. The van der Waals surface area contributed by atoms with Gasteiger partial charge in [0.25, 0.3) is 5.91 Å². The Labute approximate surface area is 147 Å². The number of methoxy groups -OCH3 is 2. The van der Waals surface area contributed by atoms with Gasteiger partial charge in [-0.1, -0.05) is 36.4 Å². The molecule has 0 atom stereocenters. The number of nitrogens with zero attached hydrogens (tertiary/aromatic N) is 1. The first-order chi connectivity index (χ1) is 12.2. The van der Waals surface area contributed by atoms with Gasteiger partial charge in [-0.25, -0.2) is 0 Å². The third-order valence-electron chi connectivity index (χ3n) is 3.63. The lowest BCUT2D eigenvalue weighted by Gasteiger charge is -2.08. The maximum atomic E-state index is 12.2. The van der Waals surface area contributed by atoms with Crippen LogP contribution in [0.3, 0.4) is 0 Å². The molecule has 0 aliphatic rings. The van der Waals surface area contributed by atoms with Crippen molar-refractivity contribution in [3.63, 3.8) is 0 Å². The number of carbonyl (C=O) groups is 1. The fraction of sp³-hybridized carbons (Fsp3) is 0.200. The second-order valence-corrected chi connectivity index (χ2v) is 5.28. The molecule has 25 heavy (non-hydrogen) atoms. The quantitative estimate of drug-likeness (QED) is 0.623. The molecular weight excluding hydrogens is 316 g/mol. The van der Waals surface area contributed by atoms with Crippen LogP contribution in [-0.2, 0) is 11.2 Å². The monoisotopic (exact) mass is 336 g/mol. The van der Waals surface area contributed by atoms with Gasteiger partial charge in [0.1, 0.15) is 11.6 Å². The van der Waals surface area contributed by atoms with Crippen LogP contribution in [0.25, 0.3) is 6.08 Å². The smallest absolute Gasteiger partial charge is 0.261 e. The molecule has 2 aromatic rings. The highest BCUT2D eigenvalue weighted by molar-refractivity contribution is 6.01. The SMILES string of the molecule is COc1ccc(/C=C(\C#N)C(=O)NCCc2ccccc2)cc1OC. The van der Waals surface area contributed by atoms with Gasteiger partial charge in [0.15, 0.2) is 11.5 Å². The Bertz CT molecular complexity index is 792. The molecule has 2 rings (SSSR count). The molecule has 0 fully saturated rings. The standard InChI is InChI=1S/C20H20N2O3/c1-24-18-9-8-16(13-19(18)25-2)12-17(14-21)20(23)22-11-10-15-6-4-3-5-7-15/h3-9,12-13H,10-11H2,1-2H3,(H,22,23)/b17-12+. The summed E-state index contributed by atoms with van der Waals surface area (Å²) >= 11 is 0. The van der Waals surface area contributed by atoms with Crippen LogP contribution >= 0.6 is 0 Å². The summed E-state index contributed by atoms with van der Waals surface area (Å²) in [6.07, 6.45) is 2.24. The van der Waals surface area contributed by atoms with Crippen molar-refractivity contribution in [2.24, 2.45) is 0 Å². The van der Waals surface area contributed by atoms with E-state index in [1.807, 2.05) is 36.4 Å². The van der Waals surface area contributed by atoms with E-state index in [1.165, 1.54) is 13.2 Å². The van der Waals surface area contributed by atoms with Crippen LogP contribution in [0.5, 0.6) is 11.5 Å². The van der Waals surface area contributed by atoms with Gasteiger partial charge in [0.2, 0.25) is 0 Å². The highest BCUT2D eigenvalue weighted by atomic mass is 16.5. The Morgan fingerprint density at radius 3 is 2.48 bits per heavy atom. The number of benzene rings is 2. The predicted molar refractivity (Wildman–Crippen MR) is 96.3 cm³/mol. The number of hydrogen-bond donors (Lipinski definition) is 1. The minimum absolute atomic E-state index is 0.0419. The molecule has 0 unspecified atom stereocenters. The van der Waals surface area contributed by atoms with Crippen LogP contribution in [0.2, 0.25) is 0 Å². The molecule has 0 saturated heterocycles. The lowest BCUT2D eigenvalue weighted by molar-refractivity contribution is -0.117. The Morgan fingerprint density at radius 2 is 1.84 bits per heavy atom. The largest absolute Gasteiger partial charge is 0.493 e. The summed E-state index contributed by atoms with van der Waals surface area (Å²) in [5, 5.41) is 12.0. The van der Waals surface area contributed by atoms with Crippen LogP contribution in [0.1, 0.15) is 11.1 Å². The molecule has 0 radical (unpaired) electrons. The molecule has 5 nitrogen and oxygen atoms in total. The van der Waals surface area contributed by atoms with Crippen LogP contribution in [0.4, 0.5) is 0 Å². The number of hydrogen-bond acceptors (Lipinski definition) is 4. The van der Waals surface area contributed by atoms with Gasteiger partial charge in [-0.2, -0.15) is 5.26 Å². The Morgan fingerprint density at radius 1 is 1.12 bits per heavy atom. The van der Waals surface area contributed by atoms with Crippen molar-refractivity contribution < 1.29 is 14.3 Å². The number of carbonyl (C=O) groups excluding carboxylic acids is 1. The first-order valence-corrected chi connectivity index (χ1v) is 7.84. The lowest BCUT2D eigenvalue weighted by Crippen LogP contribution is -2.26. The van der Waals surface area contributed by atoms with E-state index in [0.29, 0.717) is 30.0 Å². The van der Waals surface area contributed by atoms with Crippen LogP contribution in [0, 0.1) is 11.3 Å². The summed E-state index contributed by atoms with van der Waals surface area (Å²) in [5.41, 5.74) is 1.86. The highest BCUT2D eigenvalue weighted by Gasteiger charge is 2.10. The van der Waals surface area contributed by atoms with E-state index in [-0.39, 0.29) is 5.57 Å². The zero-order valence-electron chi connectivity index (χ0n) is 14.3. The summed E-state index contributed by atoms with van der Waals surface area (Å²) in [6.45, 7) is 0.466. The number of nitrogens with one attached hydrogen (secondary N) is 1. The Hall–Kier alpha value is -3.26. The summed E-state index contributed by atoms with van der Waals surface area (Å²) in [6, 6.07) is 17.0. The molecular formula is C20H20N2O3. The number of nitriles is 1. The molecule has 2 aromatic carbocycles.